The van der Waals surface area contributed by atoms with E-state index in [-0.39, 0.29) is 48.1 Å². The lowest BCUT2D eigenvalue weighted by Gasteiger charge is -2.18. The van der Waals surface area contributed by atoms with Gasteiger partial charge in [-0.3, -0.25) is 24.2 Å². The summed E-state index contributed by atoms with van der Waals surface area (Å²) in [5.74, 6) is -0.372. The minimum Gasteiger partial charge on any atom is -0.465 e. The molecule has 0 spiro atoms. The summed E-state index contributed by atoms with van der Waals surface area (Å²) in [5.41, 5.74) is 11.0. The standard InChI is InChI=1S/C49H95N5O6/c1-5-9-13-16-20-27-35-43(34-26-15-11-7-3)48(58)60-40-30-23-18-17-22-29-38-52-46(56)44(37-39-53-49(50)51)54-45(55)36-28-21-19-24-31-41-59-47(57)42(32-12-8-4)33-25-14-10-6-2/h42-44H,5-41H2,1-4H3,(H,52,56)(H,54,55)(H4,50,51,53). The summed E-state index contributed by atoms with van der Waals surface area (Å²) in [6.07, 6.45) is 33.7. The molecule has 0 fully saturated rings. The van der Waals surface area contributed by atoms with Crippen LogP contribution in [0.1, 0.15) is 240 Å². The highest BCUT2D eigenvalue weighted by atomic mass is 16.5. The number of aliphatic imine (C=N–C) groups is 1. The zero-order valence-electron chi connectivity index (χ0n) is 39.4. The number of nitrogens with one attached hydrogen (secondary N) is 2. The van der Waals surface area contributed by atoms with Gasteiger partial charge in [0.2, 0.25) is 11.8 Å². The monoisotopic (exact) mass is 850 g/mol. The van der Waals surface area contributed by atoms with E-state index < -0.39 is 6.04 Å². The van der Waals surface area contributed by atoms with Crippen molar-refractivity contribution >= 4 is 29.7 Å². The highest BCUT2D eigenvalue weighted by Gasteiger charge is 2.22. The number of nitrogens with zero attached hydrogens (tertiary/aromatic N) is 1. The second-order valence-corrected chi connectivity index (χ2v) is 17.3. The average molecular weight is 850 g/mol. The van der Waals surface area contributed by atoms with Gasteiger partial charge in [-0.1, -0.05) is 175 Å². The van der Waals surface area contributed by atoms with Crippen LogP contribution in [-0.4, -0.2) is 62.1 Å². The van der Waals surface area contributed by atoms with E-state index in [1.165, 1.54) is 70.6 Å². The molecule has 0 radical (unpaired) electrons. The third kappa shape index (κ3) is 35.9. The van der Waals surface area contributed by atoms with Gasteiger partial charge >= 0.3 is 11.9 Å². The molecular formula is C49H95N5O6. The Hall–Kier alpha value is -2.85. The molecule has 0 rings (SSSR count). The zero-order chi connectivity index (χ0) is 44.3. The maximum absolute atomic E-state index is 13.0. The first kappa shape index (κ1) is 57.1. The largest absolute Gasteiger partial charge is 0.465 e. The molecule has 0 heterocycles. The highest BCUT2D eigenvalue weighted by molar-refractivity contribution is 5.87. The summed E-state index contributed by atoms with van der Waals surface area (Å²) >= 11 is 0. The Balaban J connectivity index is 4.35. The maximum atomic E-state index is 13.0. The van der Waals surface area contributed by atoms with Crippen molar-refractivity contribution in [2.75, 3.05) is 26.3 Å². The lowest BCUT2D eigenvalue weighted by atomic mass is 9.94. The normalized spacial score (nSPS) is 12.7. The van der Waals surface area contributed by atoms with E-state index in [9.17, 15) is 19.2 Å². The number of guanidine groups is 1. The Bertz CT molecular complexity index is 1070. The third-order valence-corrected chi connectivity index (χ3v) is 11.6. The summed E-state index contributed by atoms with van der Waals surface area (Å²) in [6, 6.07) is -0.701. The van der Waals surface area contributed by atoms with Gasteiger partial charge in [0.1, 0.15) is 6.04 Å². The van der Waals surface area contributed by atoms with Gasteiger partial charge in [-0.15, -0.1) is 0 Å². The van der Waals surface area contributed by atoms with Crippen molar-refractivity contribution in [3.63, 3.8) is 0 Å². The summed E-state index contributed by atoms with van der Waals surface area (Å²) in [4.78, 5) is 55.4. The van der Waals surface area contributed by atoms with Gasteiger partial charge in [-0.25, -0.2) is 0 Å². The van der Waals surface area contributed by atoms with Crippen LogP contribution in [0, 0.1) is 11.8 Å². The number of unbranched alkanes of at least 4 members (excludes halogenated alkanes) is 21. The Morgan fingerprint density at radius 3 is 1.37 bits per heavy atom. The highest BCUT2D eigenvalue weighted by Crippen LogP contribution is 2.22. The van der Waals surface area contributed by atoms with Crippen molar-refractivity contribution in [2.45, 2.75) is 246 Å². The first-order chi connectivity index (χ1) is 29.2. The van der Waals surface area contributed by atoms with Crippen LogP contribution in [0.5, 0.6) is 0 Å². The lowest BCUT2D eigenvalue weighted by Crippen LogP contribution is -2.47. The Kier molecular flexibility index (Phi) is 40.8. The van der Waals surface area contributed by atoms with Crippen LogP contribution in [-0.2, 0) is 28.7 Å². The maximum Gasteiger partial charge on any atom is 0.308 e. The molecule has 0 bridgehead atoms. The van der Waals surface area contributed by atoms with Crippen molar-refractivity contribution in [1.29, 1.82) is 0 Å². The Labute approximate surface area is 368 Å². The first-order valence-corrected chi connectivity index (χ1v) is 25.2. The molecule has 2 amide bonds. The number of nitrogens with two attached hydrogens (primary N) is 2. The van der Waals surface area contributed by atoms with Gasteiger partial charge in [-0.05, 0) is 57.8 Å². The molecule has 352 valence electrons. The second-order valence-electron chi connectivity index (χ2n) is 17.3. The molecular weight excluding hydrogens is 755 g/mol. The predicted octanol–water partition coefficient (Wildman–Crippen LogP) is 11.1. The van der Waals surface area contributed by atoms with Gasteiger partial charge in [0.15, 0.2) is 5.96 Å². The van der Waals surface area contributed by atoms with Crippen LogP contribution < -0.4 is 22.1 Å². The lowest BCUT2D eigenvalue weighted by molar-refractivity contribution is -0.150. The van der Waals surface area contributed by atoms with Crippen LogP contribution in [0.15, 0.2) is 4.99 Å². The van der Waals surface area contributed by atoms with Crippen LogP contribution >= 0.6 is 0 Å². The summed E-state index contributed by atoms with van der Waals surface area (Å²) in [7, 11) is 0. The first-order valence-electron chi connectivity index (χ1n) is 25.2. The summed E-state index contributed by atoms with van der Waals surface area (Å²) < 4.78 is 11.4. The van der Waals surface area contributed by atoms with Gasteiger partial charge in [0.25, 0.3) is 0 Å². The Morgan fingerprint density at radius 2 is 0.883 bits per heavy atom. The number of rotatable bonds is 44. The smallest absolute Gasteiger partial charge is 0.308 e. The van der Waals surface area contributed by atoms with Crippen molar-refractivity contribution in [1.82, 2.24) is 10.6 Å². The molecule has 3 unspecified atom stereocenters. The van der Waals surface area contributed by atoms with Crippen molar-refractivity contribution in [3.8, 4) is 0 Å². The van der Waals surface area contributed by atoms with Crippen molar-refractivity contribution < 1.29 is 28.7 Å². The second kappa shape index (κ2) is 42.8. The molecule has 0 saturated heterocycles. The molecule has 0 aromatic rings. The van der Waals surface area contributed by atoms with E-state index in [1.54, 1.807) is 0 Å². The van der Waals surface area contributed by atoms with Gasteiger partial charge in [0.05, 0.1) is 25.0 Å². The fourth-order valence-corrected chi connectivity index (χ4v) is 7.64. The molecule has 0 aromatic carbocycles. The van der Waals surface area contributed by atoms with Gasteiger partial charge < -0.3 is 31.6 Å². The topological polar surface area (TPSA) is 175 Å². The van der Waals surface area contributed by atoms with Crippen molar-refractivity contribution in [2.24, 2.45) is 28.3 Å². The summed E-state index contributed by atoms with van der Waals surface area (Å²) in [6.45, 7) is 10.6. The molecule has 0 aliphatic rings. The minimum absolute atomic E-state index is 0.00499. The van der Waals surface area contributed by atoms with Crippen molar-refractivity contribution in [3.05, 3.63) is 0 Å². The number of ether oxygens (including phenoxy) is 2. The zero-order valence-corrected chi connectivity index (χ0v) is 39.4. The fourth-order valence-electron chi connectivity index (χ4n) is 7.64. The number of carbonyl (C=O) groups excluding carboxylic acids is 4. The fraction of sp³-hybridized carbons (Fsp3) is 0.898. The number of hydrogen-bond acceptors (Lipinski definition) is 7. The van der Waals surface area contributed by atoms with E-state index >= 15 is 0 Å². The molecule has 0 aliphatic carbocycles. The van der Waals surface area contributed by atoms with E-state index in [4.69, 9.17) is 20.9 Å². The molecule has 11 nitrogen and oxygen atoms in total. The molecule has 6 N–H and O–H groups in total. The Morgan fingerprint density at radius 1 is 0.483 bits per heavy atom. The third-order valence-electron chi connectivity index (χ3n) is 11.6. The minimum atomic E-state index is -0.701. The SMILES string of the molecule is CCCCCCCCC(CCCCCC)C(=O)OCCCCCCCCNC(=O)C(CCN=C(N)N)NC(=O)CCCCCCCOC(=O)C(CCCC)CCCCCC. The van der Waals surface area contributed by atoms with Gasteiger partial charge in [0, 0.05) is 19.5 Å². The van der Waals surface area contributed by atoms with E-state index in [2.05, 4.69) is 43.3 Å². The molecule has 11 heteroatoms. The van der Waals surface area contributed by atoms with Gasteiger partial charge in [-0.2, -0.15) is 0 Å². The predicted molar refractivity (Wildman–Crippen MR) is 250 cm³/mol. The number of hydrogen-bond donors (Lipinski definition) is 4. The summed E-state index contributed by atoms with van der Waals surface area (Å²) in [5, 5.41) is 5.88. The van der Waals surface area contributed by atoms with E-state index in [1.807, 2.05) is 0 Å². The van der Waals surface area contributed by atoms with E-state index in [0.29, 0.717) is 32.6 Å². The number of carbonyl (C=O) groups is 4. The van der Waals surface area contributed by atoms with Crippen LogP contribution in [0.4, 0.5) is 0 Å². The molecule has 60 heavy (non-hydrogen) atoms. The van der Waals surface area contributed by atoms with Crippen LogP contribution in [0.25, 0.3) is 0 Å². The van der Waals surface area contributed by atoms with Crippen LogP contribution in [0.3, 0.4) is 0 Å². The number of amides is 2. The molecule has 0 aromatic heterocycles. The average Bonchev–Trinajstić information content (AvgIpc) is 3.23. The molecule has 0 aliphatic heterocycles. The molecule has 3 atom stereocenters. The number of esters is 2. The quantitative estimate of drug-likeness (QED) is 0.0203. The molecule has 0 saturated carbocycles. The van der Waals surface area contributed by atoms with Crippen LogP contribution in [0.2, 0.25) is 0 Å². The van der Waals surface area contributed by atoms with E-state index in [0.717, 1.165) is 128 Å².